The summed E-state index contributed by atoms with van der Waals surface area (Å²) in [6.07, 6.45) is 44.4. The molecule has 0 aliphatic carbocycles. The van der Waals surface area contributed by atoms with Crippen LogP contribution in [0.2, 0.25) is 0 Å². The topological polar surface area (TPSA) is 175 Å². The van der Waals surface area contributed by atoms with Crippen LogP contribution in [0.5, 0.6) is 0 Å². The second-order valence-electron chi connectivity index (χ2n) is 19.6. The van der Waals surface area contributed by atoms with Gasteiger partial charge in [0.25, 0.3) is 0 Å². The fourth-order valence-electron chi connectivity index (χ4n) is 8.72. The molecule has 11 nitrogen and oxygen atoms in total. The Morgan fingerprint density at radius 3 is 1.57 bits per heavy atom. The number of esters is 1. The van der Waals surface area contributed by atoms with E-state index < -0.39 is 67.4 Å². The van der Waals surface area contributed by atoms with Crippen LogP contribution in [0.1, 0.15) is 245 Å². The molecule has 1 rings (SSSR count). The Balaban J connectivity index is 2.75. The lowest BCUT2D eigenvalue weighted by atomic mass is 9.99. The van der Waals surface area contributed by atoms with Crippen molar-refractivity contribution in [3.8, 4) is 0 Å². The van der Waals surface area contributed by atoms with E-state index in [-0.39, 0.29) is 13.0 Å². The SMILES string of the molecule is CC/C=C/C/C=C/C/C=C/CCCCCCC(=O)OC1C(OCC(NC(=O)C(O)CCCCCCCCCCCCCCCC)C(O)/C=C/CCCCCCCCCCCC)OC(CO)C(O)C1O. The number of rotatable bonds is 47. The third-order valence-electron chi connectivity index (χ3n) is 13.2. The molecule has 0 aromatic heterocycles. The molecule has 1 aliphatic heterocycles. The normalized spacial score (nSPS) is 20.1. The first-order chi connectivity index (χ1) is 33.7. The maximum atomic E-state index is 13.4. The van der Waals surface area contributed by atoms with Crippen LogP contribution >= 0.6 is 0 Å². The average molecular weight is 976 g/mol. The Bertz CT molecular complexity index is 1300. The smallest absolute Gasteiger partial charge is 0.306 e. The number of carbonyl (C=O) groups is 2. The minimum absolute atomic E-state index is 0.0982. The van der Waals surface area contributed by atoms with E-state index in [0.29, 0.717) is 19.3 Å². The fraction of sp³-hybridized carbons (Fsp3) is 0.828. The molecular formula is C58H105NO10. The highest BCUT2D eigenvalue weighted by Gasteiger charge is 2.47. The van der Waals surface area contributed by atoms with Gasteiger partial charge >= 0.3 is 5.97 Å². The zero-order valence-electron chi connectivity index (χ0n) is 44.2. The number of unbranched alkanes of at least 4 members (excludes halogenated alkanes) is 27. The molecule has 0 spiro atoms. The van der Waals surface area contributed by atoms with Crippen LogP contribution in [0.15, 0.2) is 48.6 Å². The third-order valence-corrected chi connectivity index (χ3v) is 13.2. The summed E-state index contributed by atoms with van der Waals surface area (Å²) < 4.78 is 17.5. The van der Waals surface area contributed by atoms with Gasteiger partial charge in [-0.2, -0.15) is 0 Å². The molecular weight excluding hydrogens is 871 g/mol. The van der Waals surface area contributed by atoms with Gasteiger partial charge in [-0.3, -0.25) is 9.59 Å². The van der Waals surface area contributed by atoms with Crippen molar-refractivity contribution in [2.75, 3.05) is 13.2 Å². The Morgan fingerprint density at radius 2 is 1.04 bits per heavy atom. The van der Waals surface area contributed by atoms with E-state index in [1.807, 2.05) is 6.08 Å². The van der Waals surface area contributed by atoms with Gasteiger partial charge in [-0.15, -0.1) is 0 Å². The minimum Gasteiger partial charge on any atom is -0.454 e. The number of carbonyl (C=O) groups excluding carboxylic acids is 2. The van der Waals surface area contributed by atoms with Crippen LogP contribution < -0.4 is 5.32 Å². The van der Waals surface area contributed by atoms with Gasteiger partial charge in [0.1, 0.15) is 24.4 Å². The predicted octanol–water partition coefficient (Wildman–Crippen LogP) is 12.5. The summed E-state index contributed by atoms with van der Waals surface area (Å²) in [4.78, 5) is 26.4. The lowest BCUT2D eigenvalue weighted by molar-refractivity contribution is -0.305. The molecule has 1 amide bonds. The monoisotopic (exact) mass is 976 g/mol. The lowest BCUT2D eigenvalue weighted by Gasteiger charge is -2.41. The number of aliphatic hydroxyl groups excluding tert-OH is 5. The summed E-state index contributed by atoms with van der Waals surface area (Å²) in [6.45, 7) is 5.65. The van der Waals surface area contributed by atoms with E-state index >= 15 is 0 Å². The van der Waals surface area contributed by atoms with Crippen molar-refractivity contribution in [2.45, 2.75) is 294 Å². The average Bonchev–Trinajstić information content (AvgIpc) is 3.34. The molecule has 6 N–H and O–H groups in total. The fourth-order valence-corrected chi connectivity index (χ4v) is 8.72. The van der Waals surface area contributed by atoms with Crippen molar-refractivity contribution in [2.24, 2.45) is 0 Å². The second-order valence-corrected chi connectivity index (χ2v) is 19.6. The molecule has 0 aromatic rings. The number of aliphatic hydroxyl groups is 5. The number of hydrogen-bond acceptors (Lipinski definition) is 10. The van der Waals surface area contributed by atoms with Crippen LogP contribution in [-0.4, -0.2) is 99.6 Å². The zero-order valence-corrected chi connectivity index (χ0v) is 44.2. The minimum atomic E-state index is -1.62. The summed E-state index contributed by atoms with van der Waals surface area (Å²) in [5.41, 5.74) is 0. The largest absolute Gasteiger partial charge is 0.454 e. The van der Waals surface area contributed by atoms with E-state index in [1.165, 1.54) is 116 Å². The number of amides is 1. The summed E-state index contributed by atoms with van der Waals surface area (Å²) >= 11 is 0. The first-order valence-electron chi connectivity index (χ1n) is 28.4. The van der Waals surface area contributed by atoms with Crippen LogP contribution in [0.3, 0.4) is 0 Å². The van der Waals surface area contributed by atoms with E-state index in [0.717, 1.165) is 83.5 Å². The molecule has 11 heteroatoms. The summed E-state index contributed by atoms with van der Waals surface area (Å²) in [6, 6.07) is -1.02. The van der Waals surface area contributed by atoms with Crippen molar-refractivity contribution >= 4 is 11.9 Å². The first kappa shape index (κ1) is 64.6. The molecule has 1 heterocycles. The molecule has 8 unspecified atom stereocenters. The van der Waals surface area contributed by atoms with Crippen molar-refractivity contribution in [1.29, 1.82) is 0 Å². The molecule has 1 saturated heterocycles. The highest BCUT2D eigenvalue weighted by atomic mass is 16.7. The van der Waals surface area contributed by atoms with Gasteiger partial charge in [-0.25, -0.2) is 0 Å². The van der Waals surface area contributed by atoms with Gasteiger partial charge in [0.2, 0.25) is 5.91 Å². The Hall–Kier alpha value is -2.38. The van der Waals surface area contributed by atoms with Gasteiger partial charge in [-0.05, 0) is 57.8 Å². The zero-order chi connectivity index (χ0) is 50.4. The first-order valence-corrected chi connectivity index (χ1v) is 28.4. The van der Waals surface area contributed by atoms with Crippen molar-refractivity contribution in [3.63, 3.8) is 0 Å². The molecule has 69 heavy (non-hydrogen) atoms. The van der Waals surface area contributed by atoms with Gasteiger partial charge in [-0.1, -0.05) is 230 Å². The Kier molecular flexibility index (Phi) is 43.7. The predicted molar refractivity (Wildman–Crippen MR) is 283 cm³/mol. The third kappa shape index (κ3) is 35.4. The number of hydrogen-bond donors (Lipinski definition) is 6. The van der Waals surface area contributed by atoms with Crippen molar-refractivity contribution in [3.05, 3.63) is 48.6 Å². The van der Waals surface area contributed by atoms with E-state index in [9.17, 15) is 35.1 Å². The highest BCUT2D eigenvalue weighted by molar-refractivity contribution is 5.80. The van der Waals surface area contributed by atoms with E-state index in [2.05, 4.69) is 62.5 Å². The van der Waals surface area contributed by atoms with Gasteiger partial charge < -0.3 is 45.1 Å². The molecule has 0 bridgehead atoms. The molecule has 8 atom stereocenters. The van der Waals surface area contributed by atoms with Crippen molar-refractivity contribution in [1.82, 2.24) is 5.32 Å². The molecule has 402 valence electrons. The van der Waals surface area contributed by atoms with Crippen LogP contribution in [-0.2, 0) is 23.8 Å². The second kappa shape index (κ2) is 46.7. The quantitative estimate of drug-likeness (QED) is 0.0196. The molecule has 0 aromatic carbocycles. The maximum Gasteiger partial charge on any atom is 0.306 e. The van der Waals surface area contributed by atoms with Crippen molar-refractivity contribution < 1.29 is 49.3 Å². The van der Waals surface area contributed by atoms with Gasteiger partial charge in [0.15, 0.2) is 12.4 Å². The van der Waals surface area contributed by atoms with E-state index in [4.69, 9.17) is 14.2 Å². The molecule has 0 radical (unpaired) electrons. The van der Waals surface area contributed by atoms with E-state index in [1.54, 1.807) is 6.08 Å². The van der Waals surface area contributed by atoms with Crippen LogP contribution in [0.25, 0.3) is 0 Å². The van der Waals surface area contributed by atoms with Crippen LogP contribution in [0, 0.1) is 0 Å². The molecule has 1 aliphatic rings. The Morgan fingerprint density at radius 1 is 0.580 bits per heavy atom. The number of nitrogens with one attached hydrogen (secondary N) is 1. The Labute approximate surface area is 421 Å². The van der Waals surface area contributed by atoms with Gasteiger partial charge in [0.05, 0.1) is 25.4 Å². The highest BCUT2D eigenvalue weighted by Crippen LogP contribution is 2.26. The number of ether oxygens (including phenoxy) is 3. The summed E-state index contributed by atoms with van der Waals surface area (Å²) in [7, 11) is 0. The maximum absolute atomic E-state index is 13.4. The molecule has 1 fully saturated rings. The lowest BCUT2D eigenvalue weighted by Crippen LogP contribution is -2.61. The van der Waals surface area contributed by atoms with Crippen LogP contribution in [0.4, 0.5) is 0 Å². The standard InChI is InChI=1S/C58H105NO10/c1-4-7-10-13-16-19-22-25-27-30-33-36-39-42-45-51(62)57(66)59-49(50(61)44-41-38-35-32-29-24-21-18-15-12-9-6-3)48-67-58-56(55(65)54(64)52(47-60)68-58)69-53(63)46-43-40-37-34-31-28-26-23-20-17-14-11-8-5-2/h8,11,17,20,26,28,41,44,49-52,54-56,58,60-62,64-65H,4-7,9-10,12-16,18-19,21-25,27,29-40,42-43,45-48H2,1-3H3,(H,59,66)/b11-8+,20-17+,28-26+,44-41+. The van der Waals surface area contributed by atoms with Gasteiger partial charge in [0, 0.05) is 6.42 Å². The molecule has 0 saturated carbocycles. The summed E-state index contributed by atoms with van der Waals surface area (Å²) in [5, 5.41) is 56.7. The summed E-state index contributed by atoms with van der Waals surface area (Å²) in [5.74, 6) is -1.21. The number of allylic oxidation sites excluding steroid dienone is 7.